The van der Waals surface area contributed by atoms with Gasteiger partial charge in [0.05, 0.1) is 11.5 Å². The highest BCUT2D eigenvalue weighted by atomic mass is 32.2. The van der Waals surface area contributed by atoms with Gasteiger partial charge in [-0.2, -0.15) is 0 Å². The molecule has 0 bridgehead atoms. The van der Waals surface area contributed by atoms with Gasteiger partial charge in [-0.3, -0.25) is 10.1 Å². The molecule has 4 rings (SSSR count). The first-order valence-corrected chi connectivity index (χ1v) is 9.55. The molecule has 1 amide bonds. The van der Waals surface area contributed by atoms with Gasteiger partial charge >= 0.3 is 0 Å². The number of hydrogen-bond donors (Lipinski definition) is 1. The highest BCUT2D eigenvalue weighted by Crippen LogP contribution is 2.48. The second-order valence-electron chi connectivity index (χ2n) is 5.91. The molecule has 5 nitrogen and oxygen atoms in total. The number of carbonyl (C=O) groups is 1. The normalized spacial score (nSPS) is 34.0. The molecule has 2 atom stereocenters. The van der Waals surface area contributed by atoms with Crippen LogP contribution >= 0.6 is 11.3 Å². The smallest absolute Gasteiger partial charge is 0.244 e. The lowest BCUT2D eigenvalue weighted by atomic mass is 10.2. The summed E-state index contributed by atoms with van der Waals surface area (Å²) in [6.07, 6.45) is 2.14. The maximum atomic E-state index is 12.7. The lowest BCUT2D eigenvalue weighted by Gasteiger charge is -2.28. The first-order chi connectivity index (χ1) is 9.51. The number of thiophene rings is 1. The average molecular weight is 312 g/mol. The van der Waals surface area contributed by atoms with Gasteiger partial charge in [0.15, 0.2) is 9.84 Å². The molecule has 7 heteroatoms. The van der Waals surface area contributed by atoms with E-state index in [-0.39, 0.29) is 29.6 Å². The van der Waals surface area contributed by atoms with E-state index in [1.165, 1.54) is 0 Å². The van der Waals surface area contributed by atoms with E-state index >= 15 is 0 Å². The van der Waals surface area contributed by atoms with E-state index < -0.39 is 15.4 Å². The number of sulfone groups is 1. The highest BCUT2D eigenvalue weighted by molar-refractivity contribution is 7.91. The number of nitrogens with zero attached hydrogens (tertiary/aromatic N) is 1. The Morgan fingerprint density at radius 3 is 2.75 bits per heavy atom. The average Bonchev–Trinajstić information content (AvgIpc) is 2.75. The Labute approximate surface area is 121 Å². The molecule has 1 aromatic heterocycles. The van der Waals surface area contributed by atoms with E-state index in [0.29, 0.717) is 6.42 Å². The van der Waals surface area contributed by atoms with Crippen LogP contribution in [0.15, 0.2) is 17.5 Å². The Bertz CT molecular complexity index is 649. The van der Waals surface area contributed by atoms with Crippen LogP contribution in [0.5, 0.6) is 0 Å². The van der Waals surface area contributed by atoms with Crippen LogP contribution in [0.2, 0.25) is 0 Å². The fourth-order valence-electron chi connectivity index (χ4n) is 3.27. The monoisotopic (exact) mass is 312 g/mol. The third kappa shape index (κ3) is 1.83. The molecule has 1 saturated carbocycles. The van der Waals surface area contributed by atoms with Gasteiger partial charge in [0, 0.05) is 10.9 Å². The third-order valence-electron chi connectivity index (χ3n) is 4.50. The topological polar surface area (TPSA) is 66.5 Å². The SMILES string of the molecule is O=C1N(C2CCS(=O)(=O)C2)C(c2cccs2)NC12CC2. The van der Waals surface area contributed by atoms with Crippen molar-refractivity contribution in [3.05, 3.63) is 22.4 Å². The summed E-state index contributed by atoms with van der Waals surface area (Å²) in [7, 11) is -2.98. The summed E-state index contributed by atoms with van der Waals surface area (Å²) in [6.45, 7) is 0. The number of nitrogens with one attached hydrogen (secondary N) is 1. The molecular weight excluding hydrogens is 296 g/mol. The maximum Gasteiger partial charge on any atom is 0.244 e. The Balaban J connectivity index is 1.69. The summed E-state index contributed by atoms with van der Waals surface area (Å²) in [4.78, 5) is 15.6. The molecular formula is C13H16N2O3S2. The van der Waals surface area contributed by atoms with Gasteiger partial charge in [0.25, 0.3) is 0 Å². The highest BCUT2D eigenvalue weighted by Gasteiger charge is 2.61. The number of amides is 1. The quantitative estimate of drug-likeness (QED) is 0.881. The van der Waals surface area contributed by atoms with Gasteiger partial charge in [0.2, 0.25) is 5.91 Å². The van der Waals surface area contributed by atoms with Gasteiger partial charge in [-0.25, -0.2) is 8.42 Å². The van der Waals surface area contributed by atoms with Crippen molar-refractivity contribution in [2.45, 2.75) is 37.0 Å². The van der Waals surface area contributed by atoms with Gasteiger partial charge in [-0.1, -0.05) is 6.07 Å². The predicted octanol–water partition coefficient (Wildman–Crippen LogP) is 0.898. The largest absolute Gasteiger partial charge is 0.316 e. The summed E-state index contributed by atoms with van der Waals surface area (Å²) in [5.74, 6) is 0.405. The molecule has 0 radical (unpaired) electrons. The zero-order valence-electron chi connectivity index (χ0n) is 10.9. The number of rotatable bonds is 2. The van der Waals surface area contributed by atoms with E-state index in [0.717, 1.165) is 17.7 Å². The summed E-state index contributed by atoms with van der Waals surface area (Å²) in [5.41, 5.74) is -0.402. The summed E-state index contributed by atoms with van der Waals surface area (Å²) < 4.78 is 23.4. The Morgan fingerprint density at radius 1 is 1.40 bits per heavy atom. The van der Waals surface area contributed by atoms with Crippen LogP contribution in [-0.2, 0) is 14.6 Å². The van der Waals surface area contributed by atoms with Crippen molar-refractivity contribution in [1.29, 1.82) is 0 Å². The third-order valence-corrected chi connectivity index (χ3v) is 7.17. The molecule has 3 aliphatic rings. The fourth-order valence-corrected chi connectivity index (χ4v) is 5.75. The molecule has 2 aliphatic heterocycles. The van der Waals surface area contributed by atoms with Gasteiger partial charge < -0.3 is 4.90 Å². The van der Waals surface area contributed by atoms with Crippen molar-refractivity contribution in [2.24, 2.45) is 0 Å². The molecule has 3 heterocycles. The van der Waals surface area contributed by atoms with Crippen LogP contribution < -0.4 is 5.32 Å². The standard InChI is InChI=1S/C13H16N2O3S2/c16-12-13(4-5-13)14-11(10-2-1-6-19-10)15(12)9-3-7-20(17,18)8-9/h1-2,6,9,11,14H,3-5,7-8H2. The fraction of sp³-hybridized carbons (Fsp3) is 0.615. The Morgan fingerprint density at radius 2 is 2.20 bits per heavy atom. The van der Waals surface area contributed by atoms with Crippen molar-refractivity contribution < 1.29 is 13.2 Å². The van der Waals surface area contributed by atoms with Crippen LogP contribution in [0.4, 0.5) is 0 Å². The summed E-state index contributed by atoms with van der Waals surface area (Å²) in [6, 6.07) is 3.80. The molecule has 0 aromatic carbocycles. The van der Waals surface area contributed by atoms with Crippen LogP contribution in [-0.4, -0.2) is 42.3 Å². The molecule has 1 spiro atoms. The Kier molecular flexibility index (Phi) is 2.59. The van der Waals surface area contributed by atoms with Crippen molar-refractivity contribution in [3.8, 4) is 0 Å². The maximum absolute atomic E-state index is 12.7. The molecule has 1 N–H and O–H groups in total. The van der Waals surface area contributed by atoms with E-state index in [1.807, 2.05) is 22.4 Å². The first kappa shape index (κ1) is 12.8. The zero-order chi connectivity index (χ0) is 14.0. The van der Waals surface area contributed by atoms with Crippen LogP contribution in [0.3, 0.4) is 0 Å². The minimum atomic E-state index is -2.98. The molecule has 2 unspecified atom stereocenters. The molecule has 3 fully saturated rings. The van der Waals surface area contributed by atoms with E-state index in [2.05, 4.69) is 5.32 Å². The summed E-state index contributed by atoms with van der Waals surface area (Å²) in [5, 5.41) is 5.43. The van der Waals surface area contributed by atoms with Crippen LogP contribution in [0.25, 0.3) is 0 Å². The van der Waals surface area contributed by atoms with Crippen molar-refractivity contribution in [1.82, 2.24) is 10.2 Å². The second kappa shape index (κ2) is 4.05. The molecule has 108 valence electrons. The minimum absolute atomic E-state index is 0.0954. The Hall–Kier alpha value is -0.920. The summed E-state index contributed by atoms with van der Waals surface area (Å²) >= 11 is 1.61. The molecule has 1 aromatic rings. The van der Waals surface area contributed by atoms with E-state index in [1.54, 1.807) is 11.3 Å². The zero-order valence-corrected chi connectivity index (χ0v) is 12.5. The van der Waals surface area contributed by atoms with Crippen molar-refractivity contribution in [3.63, 3.8) is 0 Å². The van der Waals surface area contributed by atoms with Crippen molar-refractivity contribution in [2.75, 3.05) is 11.5 Å². The van der Waals surface area contributed by atoms with Gasteiger partial charge in [-0.15, -0.1) is 11.3 Å². The molecule has 1 aliphatic carbocycles. The number of carbonyl (C=O) groups excluding carboxylic acids is 1. The van der Waals surface area contributed by atoms with Gasteiger partial charge in [0.1, 0.15) is 11.7 Å². The lowest BCUT2D eigenvalue weighted by molar-refractivity contribution is -0.132. The van der Waals surface area contributed by atoms with Crippen LogP contribution in [0, 0.1) is 0 Å². The van der Waals surface area contributed by atoms with Crippen LogP contribution in [0.1, 0.15) is 30.3 Å². The van der Waals surface area contributed by atoms with E-state index in [9.17, 15) is 13.2 Å². The molecule has 2 saturated heterocycles. The van der Waals surface area contributed by atoms with Crippen molar-refractivity contribution >= 4 is 27.1 Å². The predicted molar refractivity (Wildman–Crippen MR) is 76.1 cm³/mol. The van der Waals surface area contributed by atoms with E-state index in [4.69, 9.17) is 0 Å². The first-order valence-electron chi connectivity index (χ1n) is 6.85. The lowest BCUT2D eigenvalue weighted by Crippen LogP contribution is -2.41. The minimum Gasteiger partial charge on any atom is -0.316 e. The second-order valence-corrected chi connectivity index (χ2v) is 9.12. The van der Waals surface area contributed by atoms with Gasteiger partial charge in [-0.05, 0) is 30.7 Å². The molecule has 20 heavy (non-hydrogen) atoms. The number of hydrogen-bond acceptors (Lipinski definition) is 5.